The fourth-order valence-corrected chi connectivity index (χ4v) is 6.69. The van der Waals surface area contributed by atoms with Gasteiger partial charge in [-0.2, -0.15) is 13.2 Å². The van der Waals surface area contributed by atoms with Crippen LogP contribution in [0.15, 0.2) is 47.4 Å². The lowest BCUT2D eigenvalue weighted by Crippen LogP contribution is -2.48. The van der Waals surface area contributed by atoms with E-state index in [1.54, 1.807) is 0 Å². The van der Waals surface area contributed by atoms with Crippen molar-refractivity contribution in [2.75, 3.05) is 22.7 Å². The molecule has 2 aromatic rings. The number of ether oxygens (including phenoxy) is 2. The van der Waals surface area contributed by atoms with Gasteiger partial charge in [-0.1, -0.05) is 26.2 Å². The monoisotopic (exact) mass is 601 g/mol. The Balaban J connectivity index is 1.61. The number of benzene rings is 2. The number of nitrogens with zero attached hydrogens (tertiary/aromatic N) is 1. The van der Waals surface area contributed by atoms with Crippen molar-refractivity contribution in [3.05, 3.63) is 48.3 Å². The molecule has 2 N–H and O–H groups in total. The summed E-state index contributed by atoms with van der Waals surface area (Å²) < 4.78 is 94.2. The van der Waals surface area contributed by atoms with Crippen LogP contribution in [0.5, 0.6) is 5.75 Å². The molecule has 0 spiro atoms. The number of hydrogen-bond donors (Lipinski definition) is 2. The normalized spacial score (nSPS) is 19.4. The molecule has 1 unspecified atom stereocenters. The number of amides is 2. The van der Waals surface area contributed by atoms with Gasteiger partial charge in [0.1, 0.15) is 17.7 Å². The van der Waals surface area contributed by atoms with E-state index in [4.69, 9.17) is 9.47 Å². The molecule has 2 atom stereocenters. The van der Waals surface area contributed by atoms with Gasteiger partial charge in [-0.05, 0) is 55.3 Å². The second-order valence-corrected chi connectivity index (χ2v) is 12.4. The first-order valence-electron chi connectivity index (χ1n) is 13.1. The van der Waals surface area contributed by atoms with E-state index in [-0.39, 0.29) is 53.9 Å². The average molecular weight is 602 g/mol. The van der Waals surface area contributed by atoms with Crippen LogP contribution >= 0.6 is 0 Å². The van der Waals surface area contributed by atoms with Gasteiger partial charge in [0.05, 0.1) is 23.7 Å². The maximum absolute atomic E-state index is 13.9. The van der Waals surface area contributed by atoms with Crippen molar-refractivity contribution in [2.24, 2.45) is 5.41 Å². The molecule has 0 saturated heterocycles. The van der Waals surface area contributed by atoms with Crippen LogP contribution in [0.1, 0.15) is 46.0 Å². The number of carbonyl (C=O) groups excluding carboxylic acids is 2. The highest BCUT2D eigenvalue weighted by Crippen LogP contribution is 2.46. The van der Waals surface area contributed by atoms with Crippen molar-refractivity contribution in [2.45, 2.75) is 69.2 Å². The molecule has 0 aromatic heterocycles. The van der Waals surface area contributed by atoms with E-state index in [2.05, 4.69) is 10.6 Å². The Morgan fingerprint density at radius 3 is 2.39 bits per heavy atom. The van der Waals surface area contributed by atoms with Crippen LogP contribution in [0.4, 0.5) is 33.7 Å². The summed E-state index contributed by atoms with van der Waals surface area (Å²) in [5, 5.41) is 4.84. The molecule has 41 heavy (non-hydrogen) atoms. The molecule has 1 heterocycles. The summed E-state index contributed by atoms with van der Waals surface area (Å²) >= 11 is 0. The Labute approximate surface area is 235 Å². The van der Waals surface area contributed by atoms with Crippen molar-refractivity contribution in [3.63, 3.8) is 0 Å². The lowest BCUT2D eigenvalue weighted by molar-refractivity contribution is -0.239. The Hall–Kier alpha value is -3.55. The number of alkyl halides is 3. The van der Waals surface area contributed by atoms with Gasteiger partial charge < -0.3 is 14.8 Å². The van der Waals surface area contributed by atoms with Crippen molar-refractivity contribution >= 4 is 33.4 Å². The zero-order chi connectivity index (χ0) is 30.0. The Morgan fingerprint density at radius 2 is 1.78 bits per heavy atom. The van der Waals surface area contributed by atoms with Gasteiger partial charge in [-0.3, -0.25) is 14.4 Å². The molecule has 0 radical (unpaired) electrons. The van der Waals surface area contributed by atoms with Gasteiger partial charge >= 0.3 is 12.3 Å². The molecule has 2 aliphatic rings. The van der Waals surface area contributed by atoms with Gasteiger partial charge in [0.15, 0.2) is 0 Å². The van der Waals surface area contributed by atoms with Gasteiger partial charge in [-0.25, -0.2) is 17.6 Å². The van der Waals surface area contributed by atoms with Gasteiger partial charge in [0.25, 0.3) is 10.0 Å². The quantitative estimate of drug-likeness (QED) is 0.413. The lowest BCUT2D eigenvalue weighted by atomic mass is 9.71. The van der Waals surface area contributed by atoms with Crippen LogP contribution in [0.3, 0.4) is 0 Å². The lowest BCUT2D eigenvalue weighted by Gasteiger charge is -2.40. The summed E-state index contributed by atoms with van der Waals surface area (Å²) in [5.41, 5.74) is -1.31. The SMILES string of the molecule is CC(=O)NC[C@H]1CN(S(=O)(=O)c2ccc(F)cc2)c2cc(NC(=O)OC(C(F)(F)F)C3(C)CCCCC3)ccc2O1. The molecule has 1 fully saturated rings. The maximum atomic E-state index is 13.9. The number of sulfonamides is 1. The minimum Gasteiger partial charge on any atom is -0.484 e. The van der Waals surface area contributed by atoms with E-state index in [1.807, 2.05) is 0 Å². The van der Waals surface area contributed by atoms with Crippen LogP contribution in [0.25, 0.3) is 0 Å². The van der Waals surface area contributed by atoms with Crippen LogP contribution in [0.2, 0.25) is 0 Å². The molecular formula is C27H31F4N3O6S. The third-order valence-corrected chi connectivity index (χ3v) is 9.06. The minimum atomic E-state index is -4.78. The smallest absolute Gasteiger partial charge is 0.426 e. The Morgan fingerprint density at radius 1 is 1.12 bits per heavy atom. The highest BCUT2D eigenvalue weighted by molar-refractivity contribution is 7.92. The van der Waals surface area contributed by atoms with E-state index < -0.39 is 45.7 Å². The number of rotatable bonds is 7. The van der Waals surface area contributed by atoms with E-state index in [9.17, 15) is 35.6 Å². The van der Waals surface area contributed by atoms with E-state index in [0.29, 0.717) is 12.8 Å². The van der Waals surface area contributed by atoms with E-state index >= 15 is 0 Å². The third kappa shape index (κ3) is 7.03. The second-order valence-electron chi connectivity index (χ2n) is 10.5. The highest BCUT2D eigenvalue weighted by atomic mass is 32.2. The van der Waals surface area contributed by atoms with Crippen molar-refractivity contribution < 1.29 is 45.0 Å². The first kappa shape index (κ1) is 30.4. The molecule has 2 amide bonds. The molecule has 1 aliphatic carbocycles. The van der Waals surface area contributed by atoms with E-state index in [1.165, 1.54) is 32.0 Å². The van der Waals surface area contributed by atoms with E-state index in [0.717, 1.165) is 35.0 Å². The number of fused-ring (bicyclic) bond motifs is 1. The number of hydrogen-bond acceptors (Lipinski definition) is 6. The van der Waals surface area contributed by atoms with Crippen molar-refractivity contribution in [1.29, 1.82) is 0 Å². The van der Waals surface area contributed by atoms with Crippen molar-refractivity contribution in [3.8, 4) is 5.75 Å². The molecular weight excluding hydrogens is 570 g/mol. The molecule has 14 heteroatoms. The van der Waals surface area contributed by atoms with Crippen LogP contribution < -0.4 is 19.7 Å². The molecule has 4 rings (SSSR count). The molecule has 1 saturated carbocycles. The van der Waals surface area contributed by atoms with Gasteiger partial charge in [0, 0.05) is 18.0 Å². The summed E-state index contributed by atoms with van der Waals surface area (Å²) in [5.74, 6) is -0.914. The summed E-state index contributed by atoms with van der Waals surface area (Å²) in [6, 6.07) is 8.06. The Kier molecular flexibility index (Phi) is 8.71. The number of nitrogens with one attached hydrogen (secondary N) is 2. The first-order valence-corrected chi connectivity index (χ1v) is 14.5. The minimum absolute atomic E-state index is 0.0159. The Bertz CT molecular complexity index is 1380. The largest absolute Gasteiger partial charge is 0.484 e. The predicted octanol–water partition coefficient (Wildman–Crippen LogP) is 5.37. The number of halogens is 4. The van der Waals surface area contributed by atoms with Crippen LogP contribution in [0, 0.1) is 11.2 Å². The number of anilines is 2. The highest BCUT2D eigenvalue weighted by Gasteiger charge is 2.54. The summed E-state index contributed by atoms with van der Waals surface area (Å²) in [6.07, 6.45) is -6.71. The van der Waals surface area contributed by atoms with Crippen molar-refractivity contribution in [1.82, 2.24) is 5.32 Å². The summed E-state index contributed by atoms with van der Waals surface area (Å²) in [7, 11) is -4.29. The van der Waals surface area contributed by atoms with Gasteiger partial charge in [-0.15, -0.1) is 0 Å². The molecule has 224 valence electrons. The topological polar surface area (TPSA) is 114 Å². The fourth-order valence-electron chi connectivity index (χ4n) is 5.20. The first-order chi connectivity index (χ1) is 19.2. The zero-order valence-corrected chi connectivity index (χ0v) is 23.3. The van der Waals surface area contributed by atoms with Crippen LogP contribution in [-0.2, 0) is 19.6 Å². The zero-order valence-electron chi connectivity index (χ0n) is 22.5. The van der Waals surface area contributed by atoms with Crippen LogP contribution in [-0.4, -0.2) is 51.9 Å². The molecule has 9 nitrogen and oxygen atoms in total. The fraction of sp³-hybridized carbons (Fsp3) is 0.481. The van der Waals surface area contributed by atoms with Gasteiger partial charge in [0.2, 0.25) is 12.0 Å². The number of carbonyl (C=O) groups is 2. The standard InChI is InChI=1S/C27H31F4N3O6S/c1-17(35)32-15-20-16-34(41(37,38)21-9-6-18(28)7-10-21)22-14-19(8-11-23(22)39-20)33-25(36)40-24(27(29,30)31)26(2)12-4-3-5-13-26/h6-11,14,20,24H,3-5,12-13,15-16H2,1-2H3,(H,32,35)(H,33,36)/t20-,24?/m0/s1. The summed E-state index contributed by atoms with van der Waals surface area (Å²) in [4.78, 5) is 23.9. The molecule has 0 bridgehead atoms. The second kappa shape index (κ2) is 11.7. The average Bonchev–Trinajstić information content (AvgIpc) is 2.90. The summed E-state index contributed by atoms with van der Waals surface area (Å²) in [6.45, 7) is 2.48. The third-order valence-electron chi connectivity index (χ3n) is 7.27. The molecule has 2 aromatic carbocycles. The predicted molar refractivity (Wildman–Crippen MR) is 142 cm³/mol. The molecule has 1 aliphatic heterocycles. The maximum Gasteiger partial charge on any atom is 0.426 e.